The highest BCUT2D eigenvalue weighted by Gasteiger charge is 2.35. The van der Waals surface area contributed by atoms with Gasteiger partial charge in [0.05, 0.1) is 0 Å². The van der Waals surface area contributed by atoms with Crippen molar-refractivity contribution in [2.24, 2.45) is 5.41 Å². The van der Waals surface area contributed by atoms with Crippen molar-refractivity contribution in [2.75, 3.05) is 18.4 Å². The molecule has 18 heavy (non-hydrogen) atoms. The van der Waals surface area contributed by atoms with Crippen LogP contribution >= 0.6 is 15.9 Å². The van der Waals surface area contributed by atoms with Crippen LogP contribution in [0.25, 0.3) is 0 Å². The average Bonchev–Trinajstić information content (AvgIpc) is 2.42. The lowest BCUT2D eigenvalue weighted by molar-refractivity contribution is 0.0656. The number of halogens is 1. The fourth-order valence-electron chi connectivity index (χ4n) is 3.99. The summed E-state index contributed by atoms with van der Waals surface area (Å²) in [6.07, 6.45) is 14.4. The molecule has 0 bridgehead atoms. The van der Waals surface area contributed by atoms with E-state index in [2.05, 4.69) is 27.8 Å². The van der Waals surface area contributed by atoms with E-state index in [4.69, 9.17) is 0 Å². The zero-order valence-electron chi connectivity index (χ0n) is 12.1. The molecule has 1 nitrogen and oxygen atoms in total. The van der Waals surface area contributed by atoms with Crippen molar-refractivity contribution < 1.29 is 0 Å². The minimum Gasteiger partial charge on any atom is -0.300 e. The zero-order valence-corrected chi connectivity index (χ0v) is 13.7. The summed E-state index contributed by atoms with van der Waals surface area (Å²) in [5.74, 6) is 0. The molecule has 1 saturated heterocycles. The first-order valence-corrected chi connectivity index (χ1v) is 9.22. The van der Waals surface area contributed by atoms with Crippen molar-refractivity contribution in [3.05, 3.63) is 0 Å². The number of hydrogen-bond donors (Lipinski definition) is 0. The standard InChI is InChI=1S/C16H30BrN/c1-2-8-15-9-4-7-12-18(15)14-16(13-17)10-5-3-6-11-16/h15H,2-14H2,1H3. The Kier molecular flexibility index (Phi) is 6.00. The molecule has 0 radical (unpaired) electrons. The first kappa shape index (κ1) is 14.8. The summed E-state index contributed by atoms with van der Waals surface area (Å²) >= 11 is 3.83. The van der Waals surface area contributed by atoms with Crippen LogP contribution in [0.1, 0.15) is 71.1 Å². The summed E-state index contributed by atoms with van der Waals surface area (Å²) < 4.78 is 0. The van der Waals surface area contributed by atoms with E-state index in [9.17, 15) is 0 Å². The number of likely N-dealkylation sites (tertiary alicyclic amines) is 1. The molecule has 2 fully saturated rings. The molecule has 1 heterocycles. The largest absolute Gasteiger partial charge is 0.300 e. The molecule has 0 aromatic heterocycles. The summed E-state index contributed by atoms with van der Waals surface area (Å²) in [4.78, 5) is 2.85. The maximum atomic E-state index is 3.83. The monoisotopic (exact) mass is 315 g/mol. The van der Waals surface area contributed by atoms with Crippen molar-refractivity contribution in [3.8, 4) is 0 Å². The van der Waals surface area contributed by atoms with E-state index in [0.29, 0.717) is 5.41 Å². The lowest BCUT2D eigenvalue weighted by atomic mass is 9.74. The van der Waals surface area contributed by atoms with E-state index in [-0.39, 0.29) is 0 Å². The van der Waals surface area contributed by atoms with Crippen molar-refractivity contribution in [1.29, 1.82) is 0 Å². The van der Waals surface area contributed by atoms with Gasteiger partial charge in [0.15, 0.2) is 0 Å². The first-order valence-electron chi connectivity index (χ1n) is 8.10. The lowest BCUT2D eigenvalue weighted by Gasteiger charge is -2.44. The fraction of sp³-hybridized carbons (Fsp3) is 1.00. The molecule has 2 aliphatic rings. The summed E-state index contributed by atoms with van der Waals surface area (Å²) in [5.41, 5.74) is 0.599. The van der Waals surface area contributed by atoms with E-state index in [1.807, 2.05) is 0 Å². The Morgan fingerprint density at radius 1 is 1.11 bits per heavy atom. The third-order valence-electron chi connectivity index (χ3n) is 5.11. The van der Waals surface area contributed by atoms with Crippen LogP contribution in [-0.2, 0) is 0 Å². The normalized spacial score (nSPS) is 29.3. The van der Waals surface area contributed by atoms with E-state index in [1.54, 1.807) is 0 Å². The first-order chi connectivity index (χ1) is 8.79. The Balaban J connectivity index is 1.95. The Bertz CT molecular complexity index is 233. The maximum Gasteiger partial charge on any atom is 0.0100 e. The second-order valence-corrected chi connectivity index (χ2v) is 7.16. The Labute approximate surface area is 122 Å². The molecule has 1 saturated carbocycles. The minimum atomic E-state index is 0.599. The van der Waals surface area contributed by atoms with Crippen LogP contribution < -0.4 is 0 Å². The van der Waals surface area contributed by atoms with Crippen LogP contribution in [0, 0.1) is 5.41 Å². The Hall–Kier alpha value is 0.440. The van der Waals surface area contributed by atoms with E-state index >= 15 is 0 Å². The van der Waals surface area contributed by atoms with Crippen LogP contribution in [0.5, 0.6) is 0 Å². The minimum absolute atomic E-state index is 0.599. The molecule has 2 heteroatoms. The smallest absolute Gasteiger partial charge is 0.0100 e. The van der Waals surface area contributed by atoms with Gasteiger partial charge in [0, 0.05) is 17.9 Å². The quantitative estimate of drug-likeness (QED) is 0.646. The molecule has 1 atom stereocenters. The highest BCUT2D eigenvalue weighted by molar-refractivity contribution is 9.09. The lowest BCUT2D eigenvalue weighted by Crippen LogP contribution is -2.47. The second kappa shape index (κ2) is 7.28. The average molecular weight is 316 g/mol. The maximum absolute atomic E-state index is 3.83. The molecule has 0 spiro atoms. The van der Waals surface area contributed by atoms with Crippen molar-refractivity contribution >= 4 is 15.9 Å². The number of hydrogen-bond acceptors (Lipinski definition) is 1. The molecule has 1 aliphatic heterocycles. The number of alkyl halides is 1. The van der Waals surface area contributed by atoms with Crippen LogP contribution in [0.4, 0.5) is 0 Å². The number of nitrogens with zero attached hydrogens (tertiary/aromatic N) is 1. The molecule has 0 amide bonds. The highest BCUT2D eigenvalue weighted by Crippen LogP contribution is 2.40. The Morgan fingerprint density at radius 2 is 1.89 bits per heavy atom. The van der Waals surface area contributed by atoms with Gasteiger partial charge in [-0.15, -0.1) is 0 Å². The van der Waals surface area contributed by atoms with Gasteiger partial charge >= 0.3 is 0 Å². The van der Waals surface area contributed by atoms with Gasteiger partial charge in [-0.3, -0.25) is 4.90 Å². The summed E-state index contributed by atoms with van der Waals surface area (Å²) in [5, 5.41) is 1.22. The van der Waals surface area contributed by atoms with Crippen LogP contribution in [-0.4, -0.2) is 29.4 Å². The molecular formula is C16H30BrN. The summed E-state index contributed by atoms with van der Waals surface area (Å²) in [7, 11) is 0. The predicted octanol–water partition coefficient (Wildman–Crippen LogP) is 4.99. The summed E-state index contributed by atoms with van der Waals surface area (Å²) in [6, 6.07) is 0.890. The van der Waals surface area contributed by atoms with Gasteiger partial charge in [-0.1, -0.05) is 55.0 Å². The third-order valence-corrected chi connectivity index (χ3v) is 6.30. The van der Waals surface area contributed by atoms with E-state index in [0.717, 1.165) is 6.04 Å². The summed E-state index contributed by atoms with van der Waals surface area (Å²) in [6.45, 7) is 5.07. The van der Waals surface area contributed by atoms with E-state index < -0.39 is 0 Å². The SMILES string of the molecule is CCCC1CCCCN1CC1(CBr)CCCCC1. The highest BCUT2D eigenvalue weighted by atomic mass is 79.9. The molecule has 1 unspecified atom stereocenters. The fourth-order valence-corrected chi connectivity index (χ4v) is 4.73. The molecule has 0 aromatic carbocycles. The van der Waals surface area contributed by atoms with Gasteiger partial charge in [0.1, 0.15) is 0 Å². The van der Waals surface area contributed by atoms with Gasteiger partial charge in [-0.2, -0.15) is 0 Å². The molecule has 2 rings (SSSR count). The molecule has 0 N–H and O–H groups in total. The van der Waals surface area contributed by atoms with Gasteiger partial charge in [0.25, 0.3) is 0 Å². The predicted molar refractivity (Wildman–Crippen MR) is 83.4 cm³/mol. The molecular weight excluding hydrogens is 286 g/mol. The van der Waals surface area contributed by atoms with Crippen molar-refractivity contribution in [3.63, 3.8) is 0 Å². The van der Waals surface area contributed by atoms with Crippen LogP contribution in [0.15, 0.2) is 0 Å². The third kappa shape index (κ3) is 3.72. The molecule has 106 valence electrons. The molecule has 0 aromatic rings. The topological polar surface area (TPSA) is 3.24 Å². The van der Waals surface area contributed by atoms with Gasteiger partial charge in [0.2, 0.25) is 0 Å². The molecule has 1 aliphatic carbocycles. The van der Waals surface area contributed by atoms with Gasteiger partial charge in [-0.05, 0) is 44.1 Å². The zero-order chi connectivity index (χ0) is 12.8. The van der Waals surface area contributed by atoms with E-state index in [1.165, 1.54) is 82.6 Å². The van der Waals surface area contributed by atoms with Gasteiger partial charge in [-0.25, -0.2) is 0 Å². The van der Waals surface area contributed by atoms with Crippen LogP contribution in [0.3, 0.4) is 0 Å². The van der Waals surface area contributed by atoms with Crippen LogP contribution in [0.2, 0.25) is 0 Å². The van der Waals surface area contributed by atoms with Gasteiger partial charge < -0.3 is 0 Å². The number of piperidine rings is 1. The number of rotatable bonds is 5. The van der Waals surface area contributed by atoms with Crippen molar-refractivity contribution in [1.82, 2.24) is 4.90 Å². The second-order valence-electron chi connectivity index (χ2n) is 6.60. The Morgan fingerprint density at radius 3 is 2.56 bits per heavy atom. The van der Waals surface area contributed by atoms with Crippen molar-refractivity contribution in [2.45, 2.75) is 77.2 Å².